The van der Waals surface area contributed by atoms with Gasteiger partial charge in [-0.3, -0.25) is 10.1 Å². The second kappa shape index (κ2) is 9.18. The van der Waals surface area contributed by atoms with E-state index in [0.29, 0.717) is 5.92 Å². The molecule has 5 nitrogen and oxygen atoms in total. The normalized spacial score (nSPS) is 13.1. The summed E-state index contributed by atoms with van der Waals surface area (Å²) in [5.41, 5.74) is 4.34. The van der Waals surface area contributed by atoms with E-state index in [1.54, 1.807) is 23.5 Å². The van der Waals surface area contributed by atoms with Gasteiger partial charge in [-0.15, -0.1) is 11.3 Å². The quantitative estimate of drug-likeness (QED) is 0.317. The van der Waals surface area contributed by atoms with Crippen molar-refractivity contribution in [3.05, 3.63) is 74.4 Å². The highest BCUT2D eigenvalue weighted by molar-refractivity contribution is 7.07. The summed E-state index contributed by atoms with van der Waals surface area (Å²) in [6.45, 7) is 8.75. The first-order valence-electron chi connectivity index (χ1n) is 10.0. The highest BCUT2D eigenvalue weighted by Crippen LogP contribution is 2.29. The Bertz CT molecular complexity index is 1050. The summed E-state index contributed by atoms with van der Waals surface area (Å²) in [4.78, 5) is 16.6. The Morgan fingerprint density at radius 2 is 1.79 bits per heavy atom. The van der Waals surface area contributed by atoms with Gasteiger partial charge >= 0.3 is 0 Å². The third-order valence-electron chi connectivity index (χ3n) is 5.04. The molecular weight excluding hydrogens is 382 g/mol. The number of thiazole rings is 1. The van der Waals surface area contributed by atoms with Crippen LogP contribution in [0.5, 0.6) is 0 Å². The number of nitro benzene ring substituents is 1. The molecule has 1 aromatic heterocycles. The van der Waals surface area contributed by atoms with Crippen LogP contribution in [0.4, 0.5) is 11.4 Å². The molecule has 3 rings (SSSR count). The molecule has 0 fully saturated rings. The van der Waals surface area contributed by atoms with E-state index in [1.165, 1.54) is 5.56 Å². The Balaban J connectivity index is 2.16. The Hall–Kier alpha value is -2.73. The van der Waals surface area contributed by atoms with Crippen molar-refractivity contribution in [2.75, 3.05) is 0 Å². The molecule has 0 saturated carbocycles. The molecule has 0 saturated heterocycles. The zero-order chi connectivity index (χ0) is 21.0. The van der Waals surface area contributed by atoms with E-state index in [4.69, 9.17) is 4.99 Å². The molecule has 2 aromatic carbocycles. The number of hydrogen-bond acceptors (Lipinski definition) is 4. The number of non-ortho nitro benzene ring substituents is 1. The van der Waals surface area contributed by atoms with Crippen LogP contribution in [0, 0.1) is 10.1 Å². The molecule has 6 heteroatoms. The first-order chi connectivity index (χ1) is 13.9. The molecule has 3 aromatic rings. The van der Waals surface area contributed by atoms with Crippen molar-refractivity contribution in [3.8, 4) is 11.3 Å². The lowest BCUT2D eigenvalue weighted by molar-refractivity contribution is -0.384. The minimum Gasteiger partial charge on any atom is -0.314 e. The van der Waals surface area contributed by atoms with E-state index in [2.05, 4.69) is 55.8 Å². The number of nitro groups is 1. The zero-order valence-corrected chi connectivity index (χ0v) is 18.1. The van der Waals surface area contributed by atoms with Gasteiger partial charge in [0, 0.05) is 23.6 Å². The monoisotopic (exact) mass is 409 g/mol. The van der Waals surface area contributed by atoms with Crippen molar-refractivity contribution < 1.29 is 4.92 Å². The van der Waals surface area contributed by atoms with E-state index in [-0.39, 0.29) is 16.7 Å². The Morgan fingerprint density at radius 1 is 1.10 bits per heavy atom. The van der Waals surface area contributed by atoms with E-state index >= 15 is 0 Å². The van der Waals surface area contributed by atoms with Crippen LogP contribution in [0.1, 0.15) is 58.1 Å². The Morgan fingerprint density at radius 3 is 2.41 bits per heavy atom. The minimum atomic E-state index is -0.366. The second-order valence-corrected chi connectivity index (χ2v) is 8.38. The van der Waals surface area contributed by atoms with Crippen molar-refractivity contribution in [2.24, 2.45) is 4.99 Å². The van der Waals surface area contributed by atoms with Gasteiger partial charge in [0.15, 0.2) is 4.80 Å². The highest BCUT2D eigenvalue weighted by atomic mass is 32.1. The summed E-state index contributed by atoms with van der Waals surface area (Å²) in [5, 5.41) is 13.1. The fraction of sp³-hybridized carbons (Fsp3) is 0.348. The van der Waals surface area contributed by atoms with E-state index < -0.39 is 0 Å². The van der Waals surface area contributed by atoms with Gasteiger partial charge in [-0.25, -0.2) is 4.99 Å². The maximum atomic E-state index is 11.0. The summed E-state index contributed by atoms with van der Waals surface area (Å²) in [7, 11) is 0. The maximum absolute atomic E-state index is 11.0. The predicted octanol–water partition coefficient (Wildman–Crippen LogP) is 6.84. The van der Waals surface area contributed by atoms with Crippen LogP contribution >= 0.6 is 11.3 Å². The van der Waals surface area contributed by atoms with E-state index in [1.807, 2.05) is 18.2 Å². The Kier molecular flexibility index (Phi) is 6.64. The van der Waals surface area contributed by atoms with Crippen molar-refractivity contribution in [3.63, 3.8) is 0 Å². The standard InChI is InChI=1S/C23H27N3O2S/c1-5-8-17(4)25-22(18-11-13-19(14-12-18)26(27)28)15-29-23(25)24-21-10-7-6-9-20(21)16(2)3/h6-7,9-17H,5,8H2,1-4H3. The number of rotatable bonds is 7. The Labute approximate surface area is 175 Å². The summed E-state index contributed by atoms with van der Waals surface area (Å²) in [6.07, 6.45) is 2.11. The van der Waals surface area contributed by atoms with Crippen LogP contribution in [0.15, 0.2) is 58.9 Å². The van der Waals surface area contributed by atoms with Crippen LogP contribution < -0.4 is 4.80 Å². The first kappa shape index (κ1) is 21.0. The van der Waals surface area contributed by atoms with Crippen molar-refractivity contribution in [1.29, 1.82) is 0 Å². The van der Waals surface area contributed by atoms with Crippen LogP contribution in [0.3, 0.4) is 0 Å². The number of aromatic nitrogens is 1. The number of benzene rings is 2. The number of para-hydroxylation sites is 1. The van der Waals surface area contributed by atoms with Crippen molar-refractivity contribution in [1.82, 2.24) is 4.57 Å². The lowest BCUT2D eigenvalue weighted by Gasteiger charge is -2.17. The van der Waals surface area contributed by atoms with Crippen molar-refractivity contribution >= 4 is 22.7 Å². The fourth-order valence-corrected chi connectivity index (χ4v) is 4.53. The van der Waals surface area contributed by atoms with Crippen LogP contribution in [0.25, 0.3) is 11.3 Å². The molecule has 0 aliphatic rings. The smallest absolute Gasteiger partial charge is 0.269 e. The van der Waals surface area contributed by atoms with Gasteiger partial charge in [0.05, 0.1) is 16.3 Å². The molecule has 1 heterocycles. The average molecular weight is 410 g/mol. The molecular formula is C23H27N3O2S. The SMILES string of the molecule is CCCC(C)n1c(-c2ccc([N+](=O)[O-])cc2)csc1=Nc1ccccc1C(C)C. The van der Waals surface area contributed by atoms with Crippen LogP contribution in [0.2, 0.25) is 0 Å². The van der Waals surface area contributed by atoms with E-state index in [9.17, 15) is 10.1 Å². The van der Waals surface area contributed by atoms with E-state index in [0.717, 1.165) is 34.6 Å². The van der Waals surface area contributed by atoms with Crippen LogP contribution in [-0.4, -0.2) is 9.49 Å². The maximum Gasteiger partial charge on any atom is 0.269 e. The van der Waals surface area contributed by atoms with Gasteiger partial charge in [0.2, 0.25) is 0 Å². The molecule has 152 valence electrons. The summed E-state index contributed by atoms with van der Waals surface area (Å²) >= 11 is 1.61. The molecule has 1 unspecified atom stereocenters. The summed E-state index contributed by atoms with van der Waals surface area (Å²) in [5.74, 6) is 0.394. The summed E-state index contributed by atoms with van der Waals surface area (Å²) < 4.78 is 2.27. The largest absolute Gasteiger partial charge is 0.314 e. The van der Waals surface area contributed by atoms with Gasteiger partial charge in [-0.05, 0) is 48.6 Å². The molecule has 0 bridgehead atoms. The lowest BCUT2D eigenvalue weighted by Crippen LogP contribution is -2.20. The minimum absolute atomic E-state index is 0.105. The van der Waals surface area contributed by atoms with Crippen LogP contribution in [-0.2, 0) is 0 Å². The third-order valence-corrected chi connectivity index (χ3v) is 5.88. The first-order valence-corrected chi connectivity index (χ1v) is 10.9. The molecule has 1 atom stereocenters. The highest BCUT2D eigenvalue weighted by Gasteiger charge is 2.15. The van der Waals surface area contributed by atoms with Crippen molar-refractivity contribution in [2.45, 2.75) is 52.5 Å². The second-order valence-electron chi connectivity index (χ2n) is 7.54. The molecule has 0 aliphatic carbocycles. The topological polar surface area (TPSA) is 60.4 Å². The zero-order valence-electron chi connectivity index (χ0n) is 17.3. The average Bonchev–Trinajstić information content (AvgIpc) is 3.12. The molecule has 0 N–H and O–H groups in total. The van der Waals surface area contributed by atoms with Gasteiger partial charge < -0.3 is 4.57 Å². The predicted molar refractivity (Wildman–Crippen MR) is 120 cm³/mol. The molecule has 0 radical (unpaired) electrons. The molecule has 0 spiro atoms. The van der Waals surface area contributed by atoms with Gasteiger partial charge in [-0.1, -0.05) is 45.4 Å². The summed E-state index contributed by atoms with van der Waals surface area (Å²) in [6, 6.07) is 15.3. The molecule has 0 amide bonds. The fourth-order valence-electron chi connectivity index (χ4n) is 3.52. The van der Waals surface area contributed by atoms with Gasteiger partial charge in [0.1, 0.15) is 0 Å². The van der Waals surface area contributed by atoms with Gasteiger partial charge in [0.25, 0.3) is 5.69 Å². The van der Waals surface area contributed by atoms with Gasteiger partial charge in [-0.2, -0.15) is 0 Å². The lowest BCUT2D eigenvalue weighted by atomic mass is 10.0. The third kappa shape index (κ3) is 4.65. The number of hydrogen-bond donors (Lipinski definition) is 0. The number of nitrogens with zero attached hydrogens (tertiary/aromatic N) is 3. The molecule has 0 aliphatic heterocycles. The molecule has 29 heavy (non-hydrogen) atoms.